The number of benzene rings is 1. The molecular formula is C16H20N4O. The van der Waals surface area contributed by atoms with Crippen molar-refractivity contribution in [3.8, 4) is 5.75 Å². The lowest BCUT2D eigenvalue weighted by atomic mass is 10.2. The van der Waals surface area contributed by atoms with Gasteiger partial charge in [0.1, 0.15) is 11.6 Å². The highest BCUT2D eigenvalue weighted by atomic mass is 16.5. The van der Waals surface area contributed by atoms with Crippen molar-refractivity contribution in [2.24, 2.45) is 0 Å². The van der Waals surface area contributed by atoms with E-state index in [0.29, 0.717) is 12.0 Å². The Morgan fingerprint density at radius 3 is 2.86 bits per heavy atom. The average molecular weight is 284 g/mol. The number of aromatic nitrogens is 2. The van der Waals surface area contributed by atoms with Gasteiger partial charge in [0.05, 0.1) is 7.11 Å². The highest BCUT2D eigenvalue weighted by Crippen LogP contribution is 2.23. The van der Waals surface area contributed by atoms with Gasteiger partial charge in [0, 0.05) is 24.0 Å². The first-order valence-corrected chi connectivity index (χ1v) is 7.34. The maximum Gasteiger partial charge on any atom is 0.229 e. The van der Waals surface area contributed by atoms with E-state index >= 15 is 0 Å². The summed E-state index contributed by atoms with van der Waals surface area (Å²) in [6, 6.07) is 10.2. The maximum atomic E-state index is 5.21. The molecule has 0 aliphatic heterocycles. The largest absolute Gasteiger partial charge is 0.497 e. The van der Waals surface area contributed by atoms with Crippen LogP contribution in [0.25, 0.3) is 0 Å². The van der Waals surface area contributed by atoms with Gasteiger partial charge in [-0.25, -0.2) is 4.98 Å². The first-order valence-electron chi connectivity index (χ1n) is 7.34. The Morgan fingerprint density at radius 1 is 1.19 bits per heavy atom. The van der Waals surface area contributed by atoms with Gasteiger partial charge in [-0.05, 0) is 31.0 Å². The summed E-state index contributed by atoms with van der Waals surface area (Å²) >= 11 is 0. The Hall–Kier alpha value is -2.30. The first kappa shape index (κ1) is 13.7. The maximum absolute atomic E-state index is 5.21. The molecule has 1 aromatic heterocycles. The lowest BCUT2D eigenvalue weighted by molar-refractivity contribution is 0.415. The van der Waals surface area contributed by atoms with E-state index in [2.05, 4.69) is 20.6 Å². The Kier molecular flexibility index (Phi) is 4.19. The molecule has 1 aliphatic carbocycles. The quantitative estimate of drug-likeness (QED) is 0.878. The molecule has 0 radical (unpaired) electrons. The minimum atomic E-state index is 0.546. The van der Waals surface area contributed by atoms with Crippen LogP contribution >= 0.6 is 0 Å². The van der Waals surface area contributed by atoms with Crippen molar-refractivity contribution >= 4 is 17.5 Å². The standard InChI is InChI=1S/C16H20N4O/c1-21-14-8-4-7-13(11-14)19-16-17-10-9-15(20-16)18-12-5-2-3-6-12/h4,7-12H,2-3,5-6H2,1H3,(H2,17,18,19,20). The predicted molar refractivity (Wildman–Crippen MR) is 84.2 cm³/mol. The molecule has 1 aromatic carbocycles. The smallest absolute Gasteiger partial charge is 0.229 e. The van der Waals surface area contributed by atoms with Gasteiger partial charge in [0.15, 0.2) is 0 Å². The number of nitrogens with one attached hydrogen (secondary N) is 2. The van der Waals surface area contributed by atoms with Crippen molar-refractivity contribution in [1.82, 2.24) is 9.97 Å². The lowest BCUT2D eigenvalue weighted by Gasteiger charge is -2.13. The summed E-state index contributed by atoms with van der Waals surface area (Å²) in [5.41, 5.74) is 0.910. The summed E-state index contributed by atoms with van der Waals surface area (Å²) in [5.74, 6) is 2.27. The first-order chi connectivity index (χ1) is 10.3. The van der Waals surface area contributed by atoms with Gasteiger partial charge in [-0.15, -0.1) is 0 Å². The molecule has 2 aromatic rings. The number of rotatable bonds is 5. The zero-order valence-corrected chi connectivity index (χ0v) is 12.2. The van der Waals surface area contributed by atoms with Gasteiger partial charge in [-0.2, -0.15) is 4.98 Å². The van der Waals surface area contributed by atoms with Gasteiger partial charge in [0.25, 0.3) is 0 Å². The Bertz CT molecular complexity index is 596. The topological polar surface area (TPSA) is 59.1 Å². The number of hydrogen-bond donors (Lipinski definition) is 2. The Balaban J connectivity index is 1.70. The van der Waals surface area contributed by atoms with Gasteiger partial charge >= 0.3 is 0 Å². The molecular weight excluding hydrogens is 264 g/mol. The van der Waals surface area contributed by atoms with Crippen LogP contribution in [0.15, 0.2) is 36.5 Å². The molecule has 1 saturated carbocycles. The fourth-order valence-electron chi connectivity index (χ4n) is 2.61. The molecule has 1 heterocycles. The van der Waals surface area contributed by atoms with Crippen LogP contribution in [0, 0.1) is 0 Å². The van der Waals surface area contributed by atoms with E-state index in [-0.39, 0.29) is 0 Å². The minimum Gasteiger partial charge on any atom is -0.497 e. The lowest BCUT2D eigenvalue weighted by Crippen LogP contribution is -2.15. The van der Waals surface area contributed by atoms with Crippen LogP contribution in [0.5, 0.6) is 5.75 Å². The highest BCUT2D eigenvalue weighted by molar-refractivity contribution is 5.57. The fraction of sp³-hybridized carbons (Fsp3) is 0.375. The van der Waals surface area contributed by atoms with Crippen molar-refractivity contribution in [1.29, 1.82) is 0 Å². The van der Waals surface area contributed by atoms with Crippen molar-refractivity contribution in [3.63, 3.8) is 0 Å². The van der Waals surface area contributed by atoms with E-state index in [1.54, 1.807) is 13.3 Å². The molecule has 0 unspecified atom stereocenters. The molecule has 1 aliphatic rings. The van der Waals surface area contributed by atoms with E-state index in [1.165, 1.54) is 25.7 Å². The number of methoxy groups -OCH3 is 1. The van der Waals surface area contributed by atoms with Crippen molar-refractivity contribution < 1.29 is 4.74 Å². The summed E-state index contributed by atoms with van der Waals surface area (Å²) in [6.07, 6.45) is 6.83. The highest BCUT2D eigenvalue weighted by Gasteiger charge is 2.15. The van der Waals surface area contributed by atoms with Gasteiger partial charge in [-0.1, -0.05) is 18.9 Å². The van der Waals surface area contributed by atoms with Crippen molar-refractivity contribution in [3.05, 3.63) is 36.5 Å². The van der Waals surface area contributed by atoms with Gasteiger partial charge < -0.3 is 15.4 Å². The van der Waals surface area contributed by atoms with Crippen molar-refractivity contribution in [2.75, 3.05) is 17.7 Å². The molecule has 21 heavy (non-hydrogen) atoms. The molecule has 0 spiro atoms. The average Bonchev–Trinajstić information content (AvgIpc) is 3.01. The van der Waals surface area contributed by atoms with Crippen LogP contribution in [0.2, 0.25) is 0 Å². The number of hydrogen-bond acceptors (Lipinski definition) is 5. The molecule has 0 atom stereocenters. The molecule has 1 fully saturated rings. The summed E-state index contributed by atoms with van der Waals surface area (Å²) < 4.78 is 5.21. The van der Waals surface area contributed by atoms with Crippen molar-refractivity contribution in [2.45, 2.75) is 31.7 Å². The van der Waals surface area contributed by atoms with Gasteiger partial charge in [-0.3, -0.25) is 0 Å². The van der Waals surface area contributed by atoms with Crippen LogP contribution in [0.4, 0.5) is 17.5 Å². The molecule has 3 rings (SSSR count). The summed E-state index contributed by atoms with van der Waals surface area (Å²) in [7, 11) is 1.65. The monoisotopic (exact) mass is 284 g/mol. The zero-order valence-electron chi connectivity index (χ0n) is 12.2. The molecule has 5 heteroatoms. The second kappa shape index (κ2) is 6.43. The fourth-order valence-corrected chi connectivity index (χ4v) is 2.61. The molecule has 0 bridgehead atoms. The predicted octanol–water partition coefficient (Wildman–Crippen LogP) is 3.58. The van der Waals surface area contributed by atoms with Crippen LogP contribution < -0.4 is 15.4 Å². The third-order valence-corrected chi connectivity index (χ3v) is 3.69. The van der Waals surface area contributed by atoms with Crippen LogP contribution in [0.3, 0.4) is 0 Å². The summed E-state index contributed by atoms with van der Waals surface area (Å²) in [6.45, 7) is 0. The molecule has 5 nitrogen and oxygen atoms in total. The molecule has 110 valence electrons. The number of anilines is 3. The van der Waals surface area contributed by atoms with Crippen LogP contribution in [0.1, 0.15) is 25.7 Å². The Labute approximate surface area is 124 Å². The number of nitrogens with zero attached hydrogens (tertiary/aromatic N) is 2. The van der Waals surface area contributed by atoms with Crippen LogP contribution in [-0.4, -0.2) is 23.1 Å². The van der Waals surface area contributed by atoms with E-state index in [4.69, 9.17) is 4.74 Å². The normalized spacial score (nSPS) is 14.9. The Morgan fingerprint density at radius 2 is 2.05 bits per heavy atom. The second-order valence-electron chi connectivity index (χ2n) is 5.25. The SMILES string of the molecule is COc1cccc(Nc2nccc(NC3CCCC3)n2)c1. The molecule has 0 saturated heterocycles. The number of ether oxygens (including phenoxy) is 1. The van der Waals surface area contributed by atoms with E-state index in [9.17, 15) is 0 Å². The minimum absolute atomic E-state index is 0.546. The third kappa shape index (κ3) is 3.62. The van der Waals surface area contributed by atoms with E-state index < -0.39 is 0 Å². The van der Waals surface area contributed by atoms with E-state index in [1.807, 2.05) is 30.3 Å². The van der Waals surface area contributed by atoms with Gasteiger partial charge in [0.2, 0.25) is 5.95 Å². The molecule has 2 N–H and O–H groups in total. The zero-order chi connectivity index (χ0) is 14.5. The third-order valence-electron chi connectivity index (χ3n) is 3.69. The van der Waals surface area contributed by atoms with Crippen LogP contribution in [-0.2, 0) is 0 Å². The second-order valence-corrected chi connectivity index (χ2v) is 5.25. The summed E-state index contributed by atoms with van der Waals surface area (Å²) in [5, 5.41) is 6.68. The summed E-state index contributed by atoms with van der Waals surface area (Å²) in [4.78, 5) is 8.77. The molecule has 0 amide bonds. The van der Waals surface area contributed by atoms with E-state index in [0.717, 1.165) is 17.3 Å².